The summed E-state index contributed by atoms with van der Waals surface area (Å²) in [5, 5.41) is 6.62. The summed E-state index contributed by atoms with van der Waals surface area (Å²) in [5.41, 5.74) is 6.40. The molecule has 0 saturated carbocycles. The fourth-order valence-electron chi connectivity index (χ4n) is 2.33. The second-order valence-electron chi connectivity index (χ2n) is 5.67. The first-order valence-electron chi connectivity index (χ1n) is 7.62. The largest absolute Gasteiger partial charge is 0.378 e. The van der Waals surface area contributed by atoms with E-state index in [0.29, 0.717) is 5.69 Å². The second-order valence-corrected chi connectivity index (χ2v) is 5.67. The normalized spacial score (nSPS) is 10.6. The summed E-state index contributed by atoms with van der Waals surface area (Å²) in [4.78, 5) is 18.4. The van der Waals surface area contributed by atoms with Gasteiger partial charge in [0.25, 0.3) is 5.91 Å². The van der Waals surface area contributed by atoms with Gasteiger partial charge in [0.1, 0.15) is 17.2 Å². The van der Waals surface area contributed by atoms with Gasteiger partial charge < -0.3 is 16.0 Å². The summed E-state index contributed by atoms with van der Waals surface area (Å²) in [5.74, 6) is -3.26. The molecular weight excluding hydrogens is 342 g/mol. The van der Waals surface area contributed by atoms with Gasteiger partial charge in [-0.1, -0.05) is 6.07 Å². The number of anilines is 4. The molecule has 26 heavy (non-hydrogen) atoms. The molecular formula is C17H16F2N6O. The van der Waals surface area contributed by atoms with Crippen molar-refractivity contribution in [2.75, 3.05) is 30.0 Å². The first-order chi connectivity index (χ1) is 12.4. The summed E-state index contributed by atoms with van der Waals surface area (Å²) in [6.45, 7) is 0. The fourth-order valence-corrected chi connectivity index (χ4v) is 2.33. The number of hydrogen-bond acceptors (Lipinski definition) is 6. The number of nitrogens with zero attached hydrogens (tertiary/aromatic N) is 4. The molecule has 134 valence electrons. The van der Waals surface area contributed by atoms with E-state index in [2.05, 4.69) is 15.4 Å². The lowest BCUT2D eigenvalue weighted by Gasteiger charge is -2.13. The van der Waals surface area contributed by atoms with E-state index in [0.717, 1.165) is 22.5 Å². The number of carbonyl (C=O) groups is 1. The van der Waals surface area contributed by atoms with Gasteiger partial charge in [-0.3, -0.25) is 4.79 Å². The maximum Gasteiger partial charge on any atom is 0.287 e. The van der Waals surface area contributed by atoms with E-state index in [1.54, 1.807) is 12.1 Å². The van der Waals surface area contributed by atoms with Gasteiger partial charge in [-0.25, -0.2) is 8.78 Å². The minimum atomic E-state index is -1.02. The van der Waals surface area contributed by atoms with Crippen LogP contribution in [0.4, 0.5) is 32.1 Å². The van der Waals surface area contributed by atoms with E-state index in [9.17, 15) is 13.6 Å². The van der Waals surface area contributed by atoms with Gasteiger partial charge in [-0.15, -0.1) is 5.10 Å². The highest BCUT2D eigenvalue weighted by atomic mass is 19.1. The van der Waals surface area contributed by atoms with Gasteiger partial charge >= 0.3 is 0 Å². The number of carbonyl (C=O) groups excluding carboxylic acids is 1. The van der Waals surface area contributed by atoms with Gasteiger partial charge in [0.05, 0.1) is 0 Å². The maximum absolute atomic E-state index is 13.9. The SMILES string of the molecule is CN(C)c1ccc(Nc2nc(N)nn2C(=O)c2c(F)cccc2F)cc1. The van der Waals surface area contributed by atoms with E-state index >= 15 is 0 Å². The van der Waals surface area contributed by atoms with Gasteiger partial charge in [0, 0.05) is 25.5 Å². The van der Waals surface area contributed by atoms with Crippen molar-refractivity contribution in [1.82, 2.24) is 14.8 Å². The number of hydrogen-bond donors (Lipinski definition) is 2. The summed E-state index contributed by atoms with van der Waals surface area (Å²) < 4.78 is 28.5. The van der Waals surface area contributed by atoms with Crippen LogP contribution in [0.15, 0.2) is 42.5 Å². The van der Waals surface area contributed by atoms with Crippen LogP contribution in [0.3, 0.4) is 0 Å². The molecule has 3 rings (SSSR count). The molecule has 0 aliphatic heterocycles. The van der Waals surface area contributed by atoms with Crippen LogP contribution in [0.1, 0.15) is 10.4 Å². The van der Waals surface area contributed by atoms with Gasteiger partial charge in [-0.2, -0.15) is 9.67 Å². The molecule has 0 aliphatic rings. The zero-order chi connectivity index (χ0) is 18.8. The molecule has 0 amide bonds. The van der Waals surface area contributed by atoms with Gasteiger partial charge in [-0.05, 0) is 36.4 Å². The molecule has 2 aromatic carbocycles. The Morgan fingerprint density at radius 3 is 2.31 bits per heavy atom. The third-order valence-electron chi connectivity index (χ3n) is 3.63. The van der Waals surface area contributed by atoms with Crippen molar-refractivity contribution in [3.05, 3.63) is 59.7 Å². The molecule has 0 spiro atoms. The highest BCUT2D eigenvalue weighted by Crippen LogP contribution is 2.21. The molecule has 0 atom stereocenters. The van der Waals surface area contributed by atoms with Crippen LogP contribution in [0.2, 0.25) is 0 Å². The van der Waals surface area contributed by atoms with Gasteiger partial charge in [0.15, 0.2) is 0 Å². The Morgan fingerprint density at radius 1 is 1.12 bits per heavy atom. The molecule has 7 nitrogen and oxygen atoms in total. The first kappa shape index (κ1) is 17.3. The average molecular weight is 358 g/mol. The Balaban J connectivity index is 1.94. The number of benzene rings is 2. The van der Waals surface area contributed by atoms with Crippen molar-refractivity contribution < 1.29 is 13.6 Å². The summed E-state index contributed by atoms with van der Waals surface area (Å²) in [6, 6.07) is 10.4. The Bertz CT molecular complexity index is 932. The van der Waals surface area contributed by atoms with Gasteiger partial charge in [0.2, 0.25) is 11.9 Å². The number of halogens is 2. The Labute approximate surface area is 148 Å². The molecule has 0 radical (unpaired) electrons. The predicted molar refractivity (Wildman–Crippen MR) is 94.6 cm³/mol. The first-order valence-corrected chi connectivity index (χ1v) is 7.62. The molecule has 0 aliphatic carbocycles. The molecule has 1 heterocycles. The minimum Gasteiger partial charge on any atom is -0.378 e. The average Bonchev–Trinajstić information content (AvgIpc) is 2.95. The van der Waals surface area contributed by atoms with E-state index in [4.69, 9.17) is 5.73 Å². The fraction of sp³-hybridized carbons (Fsp3) is 0.118. The van der Waals surface area contributed by atoms with E-state index in [1.165, 1.54) is 6.07 Å². The topological polar surface area (TPSA) is 89.1 Å². The third-order valence-corrected chi connectivity index (χ3v) is 3.63. The number of nitrogen functional groups attached to an aromatic ring is 1. The van der Waals surface area contributed by atoms with Crippen LogP contribution >= 0.6 is 0 Å². The molecule has 0 bridgehead atoms. The maximum atomic E-state index is 13.9. The second kappa shape index (κ2) is 6.79. The third kappa shape index (κ3) is 3.32. The van der Waals surface area contributed by atoms with Crippen molar-refractivity contribution in [1.29, 1.82) is 0 Å². The molecule has 1 aromatic heterocycles. The molecule has 3 N–H and O–H groups in total. The quantitative estimate of drug-likeness (QED) is 0.745. The molecule has 9 heteroatoms. The van der Waals surface area contributed by atoms with Crippen LogP contribution in [0.25, 0.3) is 0 Å². The van der Waals surface area contributed by atoms with E-state index in [-0.39, 0.29) is 11.9 Å². The van der Waals surface area contributed by atoms with E-state index in [1.807, 2.05) is 31.1 Å². The zero-order valence-electron chi connectivity index (χ0n) is 14.1. The van der Waals surface area contributed by atoms with Crippen molar-refractivity contribution in [3.8, 4) is 0 Å². The summed E-state index contributed by atoms with van der Waals surface area (Å²) in [6.07, 6.45) is 0. The van der Waals surface area contributed by atoms with Crippen LogP contribution < -0.4 is 16.0 Å². The Morgan fingerprint density at radius 2 is 1.73 bits per heavy atom. The van der Waals surface area contributed by atoms with Crippen molar-refractivity contribution in [3.63, 3.8) is 0 Å². The number of nitrogens with one attached hydrogen (secondary N) is 1. The highest BCUT2D eigenvalue weighted by molar-refractivity contribution is 5.97. The predicted octanol–water partition coefficient (Wildman–Crippen LogP) is 2.64. The standard InChI is InChI=1S/C17H16F2N6O/c1-24(2)11-8-6-10(7-9-11)21-17-22-16(20)23-25(17)15(26)14-12(18)4-3-5-13(14)19/h3-9H,1-2H3,(H3,20,21,22,23). The van der Waals surface area contributed by atoms with Crippen molar-refractivity contribution >= 4 is 29.2 Å². The van der Waals surface area contributed by atoms with Crippen LogP contribution in [-0.4, -0.2) is 34.8 Å². The smallest absolute Gasteiger partial charge is 0.287 e. The number of rotatable bonds is 4. The molecule has 0 saturated heterocycles. The lowest BCUT2D eigenvalue weighted by atomic mass is 10.2. The summed E-state index contributed by atoms with van der Waals surface area (Å²) >= 11 is 0. The Kier molecular flexibility index (Phi) is 4.53. The highest BCUT2D eigenvalue weighted by Gasteiger charge is 2.23. The lowest BCUT2D eigenvalue weighted by molar-refractivity contribution is 0.0939. The van der Waals surface area contributed by atoms with Crippen molar-refractivity contribution in [2.45, 2.75) is 0 Å². The monoisotopic (exact) mass is 358 g/mol. The summed E-state index contributed by atoms with van der Waals surface area (Å²) in [7, 11) is 3.81. The van der Waals surface area contributed by atoms with E-state index < -0.39 is 23.1 Å². The van der Waals surface area contributed by atoms with Crippen LogP contribution in [0.5, 0.6) is 0 Å². The minimum absolute atomic E-state index is 0.0484. The lowest BCUT2D eigenvalue weighted by Crippen LogP contribution is -2.19. The van der Waals surface area contributed by atoms with Crippen LogP contribution in [0, 0.1) is 11.6 Å². The molecule has 3 aromatic rings. The molecule has 0 fully saturated rings. The Hall–Kier alpha value is -3.49. The number of aromatic nitrogens is 3. The van der Waals surface area contributed by atoms with Crippen molar-refractivity contribution in [2.24, 2.45) is 0 Å². The molecule has 0 unspecified atom stereocenters. The zero-order valence-corrected chi connectivity index (χ0v) is 14.1. The van der Waals surface area contributed by atoms with Crippen LogP contribution in [-0.2, 0) is 0 Å². The number of nitrogens with two attached hydrogens (primary N) is 1.